The normalized spacial score (nSPS) is 10.2. The molecule has 0 saturated heterocycles. The minimum Gasteiger partial charge on any atom is -0.497 e. The zero-order chi connectivity index (χ0) is 18.4. The highest BCUT2D eigenvalue weighted by atomic mass is 32.1. The lowest BCUT2D eigenvalue weighted by Gasteiger charge is -2.10. The van der Waals surface area contributed by atoms with Gasteiger partial charge in [-0.15, -0.1) is 11.3 Å². The number of aromatic nitrogens is 2. The molecule has 0 aliphatic heterocycles. The number of hydrogen-bond acceptors (Lipinski definition) is 7. The van der Waals surface area contributed by atoms with Gasteiger partial charge in [0.2, 0.25) is 0 Å². The van der Waals surface area contributed by atoms with E-state index in [1.807, 2.05) is 30.3 Å². The van der Waals surface area contributed by atoms with Crippen molar-refractivity contribution in [2.75, 3.05) is 19.5 Å². The molecule has 0 atom stereocenters. The van der Waals surface area contributed by atoms with Crippen molar-refractivity contribution in [1.29, 1.82) is 0 Å². The number of benzene rings is 1. The van der Waals surface area contributed by atoms with Crippen LogP contribution in [0.25, 0.3) is 0 Å². The Morgan fingerprint density at radius 1 is 1.19 bits per heavy atom. The first-order valence-corrected chi connectivity index (χ1v) is 8.70. The summed E-state index contributed by atoms with van der Waals surface area (Å²) >= 11 is 1.34. The lowest BCUT2D eigenvalue weighted by atomic mass is 10.3. The van der Waals surface area contributed by atoms with Gasteiger partial charge in [-0.2, -0.15) is 0 Å². The highest BCUT2D eigenvalue weighted by Crippen LogP contribution is 2.32. The number of amides is 1. The van der Waals surface area contributed by atoms with E-state index in [0.29, 0.717) is 28.9 Å². The molecule has 2 heterocycles. The molecule has 1 amide bonds. The molecule has 0 fully saturated rings. The van der Waals surface area contributed by atoms with Crippen molar-refractivity contribution >= 4 is 28.1 Å². The molecule has 0 aliphatic rings. The van der Waals surface area contributed by atoms with Crippen molar-refractivity contribution in [3.63, 3.8) is 0 Å². The minimum absolute atomic E-state index is 0.248. The summed E-state index contributed by atoms with van der Waals surface area (Å²) in [5.41, 5.74) is 1.88. The third-order valence-electron chi connectivity index (χ3n) is 3.54. The van der Waals surface area contributed by atoms with Gasteiger partial charge in [0.15, 0.2) is 5.13 Å². The van der Waals surface area contributed by atoms with E-state index in [9.17, 15) is 4.79 Å². The number of nitrogens with zero attached hydrogens (tertiary/aromatic N) is 2. The number of methoxy groups -OCH3 is 2. The number of pyridine rings is 1. The summed E-state index contributed by atoms with van der Waals surface area (Å²) in [5.74, 6) is 1.07. The first-order valence-electron chi connectivity index (χ1n) is 7.82. The van der Waals surface area contributed by atoms with Gasteiger partial charge in [0.25, 0.3) is 5.91 Å². The van der Waals surface area contributed by atoms with E-state index in [4.69, 9.17) is 9.47 Å². The lowest BCUT2D eigenvalue weighted by molar-refractivity contribution is 0.0946. The molecule has 7 nitrogen and oxygen atoms in total. The van der Waals surface area contributed by atoms with Gasteiger partial charge in [-0.3, -0.25) is 9.78 Å². The molecule has 0 bridgehead atoms. The second-order valence-electron chi connectivity index (χ2n) is 5.23. The van der Waals surface area contributed by atoms with Crippen LogP contribution in [-0.4, -0.2) is 30.1 Å². The average molecular weight is 370 g/mol. The maximum atomic E-state index is 12.2. The number of anilines is 2. The number of hydrogen-bond donors (Lipinski definition) is 2. The van der Waals surface area contributed by atoms with Crippen LogP contribution in [0, 0.1) is 0 Å². The lowest BCUT2D eigenvalue weighted by Crippen LogP contribution is -2.23. The highest BCUT2D eigenvalue weighted by Gasteiger charge is 2.12. The molecule has 0 aliphatic carbocycles. The van der Waals surface area contributed by atoms with Crippen LogP contribution >= 0.6 is 11.3 Å². The van der Waals surface area contributed by atoms with Crippen LogP contribution in [-0.2, 0) is 6.54 Å². The fourth-order valence-corrected chi connectivity index (χ4v) is 2.92. The summed E-state index contributed by atoms with van der Waals surface area (Å²) in [7, 11) is 3.18. The third-order valence-corrected chi connectivity index (χ3v) is 4.30. The van der Waals surface area contributed by atoms with Crippen molar-refractivity contribution in [1.82, 2.24) is 15.3 Å². The van der Waals surface area contributed by atoms with Crippen LogP contribution in [0.4, 0.5) is 10.8 Å². The van der Waals surface area contributed by atoms with Crippen LogP contribution < -0.4 is 20.1 Å². The molecular weight excluding hydrogens is 352 g/mol. The Labute approximate surface area is 155 Å². The summed E-state index contributed by atoms with van der Waals surface area (Å²) in [6, 6.07) is 11.0. The van der Waals surface area contributed by atoms with E-state index in [1.54, 1.807) is 31.9 Å². The minimum atomic E-state index is -0.248. The Kier molecular flexibility index (Phi) is 5.65. The van der Waals surface area contributed by atoms with Crippen molar-refractivity contribution in [3.8, 4) is 11.5 Å². The second-order valence-corrected chi connectivity index (χ2v) is 6.09. The molecule has 0 saturated carbocycles. The molecule has 8 heteroatoms. The van der Waals surface area contributed by atoms with Crippen molar-refractivity contribution in [2.45, 2.75) is 6.54 Å². The summed E-state index contributed by atoms with van der Waals surface area (Å²) < 4.78 is 10.5. The predicted octanol–water partition coefficient (Wildman–Crippen LogP) is 3.23. The van der Waals surface area contributed by atoms with Crippen LogP contribution in [0.3, 0.4) is 0 Å². The number of carbonyl (C=O) groups excluding carboxylic acids is 1. The van der Waals surface area contributed by atoms with E-state index < -0.39 is 0 Å². The first-order chi connectivity index (χ1) is 12.7. The van der Waals surface area contributed by atoms with Crippen LogP contribution in [0.2, 0.25) is 0 Å². The quantitative estimate of drug-likeness (QED) is 0.664. The van der Waals surface area contributed by atoms with Gasteiger partial charge in [0.1, 0.15) is 17.2 Å². The monoisotopic (exact) mass is 370 g/mol. The largest absolute Gasteiger partial charge is 0.497 e. The molecular formula is C18H18N4O3S. The van der Waals surface area contributed by atoms with Crippen molar-refractivity contribution in [2.24, 2.45) is 0 Å². The fourth-order valence-electron chi connectivity index (χ4n) is 2.22. The number of nitrogens with one attached hydrogen (secondary N) is 2. The van der Waals surface area contributed by atoms with Gasteiger partial charge in [-0.05, 0) is 24.3 Å². The van der Waals surface area contributed by atoms with E-state index in [1.165, 1.54) is 11.3 Å². The van der Waals surface area contributed by atoms with Crippen molar-refractivity contribution < 1.29 is 14.3 Å². The maximum Gasteiger partial charge on any atom is 0.271 e. The van der Waals surface area contributed by atoms with Gasteiger partial charge in [-0.1, -0.05) is 6.07 Å². The van der Waals surface area contributed by atoms with Crippen LogP contribution in [0.15, 0.2) is 48.0 Å². The van der Waals surface area contributed by atoms with Gasteiger partial charge in [-0.25, -0.2) is 4.98 Å². The second kappa shape index (κ2) is 8.30. The first kappa shape index (κ1) is 17.7. The van der Waals surface area contributed by atoms with E-state index in [2.05, 4.69) is 20.6 Å². The Bertz CT molecular complexity index is 883. The smallest absolute Gasteiger partial charge is 0.271 e. The number of carbonyl (C=O) groups is 1. The van der Waals surface area contributed by atoms with E-state index in [-0.39, 0.29) is 5.91 Å². The Balaban J connectivity index is 1.65. The Morgan fingerprint density at radius 2 is 2.08 bits per heavy atom. The molecule has 26 heavy (non-hydrogen) atoms. The van der Waals surface area contributed by atoms with E-state index in [0.717, 1.165) is 11.4 Å². The van der Waals surface area contributed by atoms with Gasteiger partial charge in [0, 0.05) is 17.6 Å². The Morgan fingerprint density at radius 3 is 2.81 bits per heavy atom. The summed E-state index contributed by atoms with van der Waals surface area (Å²) in [5, 5.41) is 8.26. The molecule has 2 N–H and O–H groups in total. The number of thiazole rings is 1. The standard InChI is InChI=1S/C18H18N4O3S/c1-24-13-6-7-14(16(9-13)25-2)21-18-22-15(11-26-18)17(23)20-10-12-5-3-4-8-19-12/h3-9,11H,10H2,1-2H3,(H,20,23)(H,21,22). The molecule has 3 rings (SSSR count). The Hall–Kier alpha value is -3.13. The SMILES string of the molecule is COc1ccc(Nc2nc(C(=O)NCc3ccccn3)cs2)c(OC)c1. The molecule has 0 spiro atoms. The van der Waals surface area contributed by atoms with Gasteiger partial charge in [0.05, 0.1) is 32.1 Å². The number of ether oxygens (including phenoxy) is 2. The zero-order valence-corrected chi connectivity index (χ0v) is 15.2. The summed E-state index contributed by atoms with van der Waals surface area (Å²) in [6.07, 6.45) is 1.69. The third kappa shape index (κ3) is 4.28. The molecule has 134 valence electrons. The topological polar surface area (TPSA) is 85.4 Å². The maximum absolute atomic E-state index is 12.2. The molecule has 1 aromatic carbocycles. The van der Waals surface area contributed by atoms with Crippen molar-refractivity contribution in [3.05, 3.63) is 59.4 Å². The fraction of sp³-hybridized carbons (Fsp3) is 0.167. The molecule has 3 aromatic rings. The summed E-state index contributed by atoms with van der Waals surface area (Å²) in [4.78, 5) is 20.7. The predicted molar refractivity (Wildman–Crippen MR) is 100 cm³/mol. The van der Waals surface area contributed by atoms with Crippen LogP contribution in [0.5, 0.6) is 11.5 Å². The van der Waals surface area contributed by atoms with Gasteiger partial charge >= 0.3 is 0 Å². The van der Waals surface area contributed by atoms with E-state index >= 15 is 0 Å². The molecule has 0 radical (unpaired) electrons. The average Bonchev–Trinajstić information content (AvgIpc) is 3.16. The molecule has 2 aromatic heterocycles. The van der Waals surface area contributed by atoms with Crippen LogP contribution in [0.1, 0.15) is 16.2 Å². The number of rotatable bonds is 7. The molecule has 0 unspecified atom stereocenters. The zero-order valence-electron chi connectivity index (χ0n) is 14.4. The van der Waals surface area contributed by atoms with Gasteiger partial charge < -0.3 is 20.1 Å². The highest BCUT2D eigenvalue weighted by molar-refractivity contribution is 7.14. The summed E-state index contributed by atoms with van der Waals surface area (Å²) in [6.45, 7) is 0.353.